The average molecular weight is 266 g/mol. The Kier molecular flexibility index (Phi) is 2.78. The molecule has 1 aliphatic carbocycles. The maximum absolute atomic E-state index is 12.1. The zero-order valence-corrected chi connectivity index (χ0v) is 12.3. The molecule has 0 amide bonds. The molecule has 0 saturated heterocycles. The van der Waals surface area contributed by atoms with Gasteiger partial charge in [-0.1, -0.05) is 12.1 Å². The van der Waals surface area contributed by atoms with E-state index in [1.165, 1.54) is 0 Å². The Morgan fingerprint density at radius 3 is 1.95 bits per heavy atom. The lowest BCUT2D eigenvalue weighted by Gasteiger charge is -2.24. The lowest BCUT2D eigenvalue weighted by Crippen LogP contribution is -2.15. The molecule has 0 N–H and O–H groups in total. The third kappa shape index (κ3) is 1.70. The van der Waals surface area contributed by atoms with E-state index in [2.05, 4.69) is 21.9 Å². The Bertz CT molecular complexity index is 728. The summed E-state index contributed by atoms with van der Waals surface area (Å²) in [5, 5.41) is 2.21. The highest BCUT2D eigenvalue weighted by Crippen LogP contribution is 2.39. The molecular weight excluding hydrogens is 248 g/mol. The van der Waals surface area contributed by atoms with E-state index < -0.39 is 0 Å². The van der Waals surface area contributed by atoms with Crippen LogP contribution in [0.5, 0.6) is 0 Å². The number of ketones is 1. The molecule has 0 spiro atoms. The largest absolute Gasteiger partial charge is 0.377 e. The molecule has 2 aromatic rings. The van der Waals surface area contributed by atoms with Crippen molar-refractivity contribution in [2.45, 2.75) is 0 Å². The fraction of sp³-hybridized carbons (Fsp3) is 0.235. The van der Waals surface area contributed by atoms with Crippen molar-refractivity contribution in [3.63, 3.8) is 0 Å². The summed E-state index contributed by atoms with van der Waals surface area (Å²) in [6.45, 7) is 0. The second-order valence-corrected chi connectivity index (χ2v) is 5.54. The normalized spacial score (nSPS) is 12.9. The van der Waals surface area contributed by atoms with Crippen molar-refractivity contribution in [1.29, 1.82) is 0 Å². The van der Waals surface area contributed by atoms with Gasteiger partial charge in [-0.2, -0.15) is 0 Å². The summed E-state index contributed by atoms with van der Waals surface area (Å²) in [6, 6.07) is 8.18. The first-order valence-electron chi connectivity index (χ1n) is 6.67. The Labute approximate surface area is 119 Å². The van der Waals surface area contributed by atoms with Crippen molar-refractivity contribution in [1.82, 2.24) is 0 Å². The van der Waals surface area contributed by atoms with Gasteiger partial charge < -0.3 is 9.80 Å². The molecule has 0 bridgehead atoms. The van der Waals surface area contributed by atoms with Gasteiger partial charge >= 0.3 is 0 Å². The van der Waals surface area contributed by atoms with Gasteiger partial charge in [-0.25, -0.2) is 0 Å². The number of hydrogen-bond donors (Lipinski definition) is 0. The molecule has 1 aliphatic rings. The predicted octanol–water partition coefficient (Wildman–Crippen LogP) is 3.18. The van der Waals surface area contributed by atoms with Gasteiger partial charge in [0.15, 0.2) is 5.78 Å². The van der Waals surface area contributed by atoms with E-state index in [9.17, 15) is 4.79 Å². The van der Waals surface area contributed by atoms with Gasteiger partial charge in [0.25, 0.3) is 0 Å². The number of carbonyl (C=O) groups is 1. The molecule has 0 unspecified atom stereocenters. The first kappa shape index (κ1) is 12.7. The van der Waals surface area contributed by atoms with Crippen LogP contribution < -0.4 is 9.80 Å². The first-order valence-corrected chi connectivity index (χ1v) is 6.67. The van der Waals surface area contributed by atoms with Crippen LogP contribution in [0.25, 0.3) is 16.8 Å². The molecule has 0 aromatic heterocycles. The topological polar surface area (TPSA) is 23.6 Å². The number of rotatable bonds is 2. The second-order valence-electron chi connectivity index (χ2n) is 5.54. The molecule has 3 rings (SSSR count). The Morgan fingerprint density at radius 1 is 0.750 bits per heavy atom. The lowest BCUT2D eigenvalue weighted by molar-refractivity contribution is 0.104. The van der Waals surface area contributed by atoms with E-state index in [4.69, 9.17) is 0 Å². The number of allylic oxidation sites excluding steroid dienone is 1. The van der Waals surface area contributed by atoms with Gasteiger partial charge in [0.05, 0.1) is 0 Å². The van der Waals surface area contributed by atoms with Crippen LogP contribution in [0.2, 0.25) is 0 Å². The van der Waals surface area contributed by atoms with E-state index >= 15 is 0 Å². The van der Waals surface area contributed by atoms with Crippen molar-refractivity contribution in [2.75, 3.05) is 38.0 Å². The summed E-state index contributed by atoms with van der Waals surface area (Å²) >= 11 is 0. The maximum atomic E-state index is 12.1. The van der Waals surface area contributed by atoms with E-state index in [1.54, 1.807) is 6.08 Å². The van der Waals surface area contributed by atoms with Gasteiger partial charge in [-0.05, 0) is 29.8 Å². The molecule has 2 aromatic carbocycles. The van der Waals surface area contributed by atoms with Crippen molar-refractivity contribution in [2.24, 2.45) is 0 Å². The predicted molar refractivity (Wildman–Crippen MR) is 86.0 cm³/mol. The first-order chi connectivity index (χ1) is 9.50. The summed E-state index contributed by atoms with van der Waals surface area (Å²) in [5.41, 5.74) is 4.19. The maximum Gasteiger partial charge on any atom is 0.186 e. The highest BCUT2D eigenvalue weighted by molar-refractivity contribution is 6.23. The summed E-state index contributed by atoms with van der Waals surface area (Å²) < 4.78 is 0. The summed E-state index contributed by atoms with van der Waals surface area (Å²) in [4.78, 5) is 16.3. The van der Waals surface area contributed by atoms with Crippen LogP contribution in [0.1, 0.15) is 15.9 Å². The minimum Gasteiger partial charge on any atom is -0.377 e. The molecule has 3 heteroatoms. The highest BCUT2D eigenvalue weighted by atomic mass is 16.1. The standard InChI is InChI=1S/C17H18N2O/c1-18(2)13-8-5-11-6-10-15(20)12-7-9-14(19(3)4)17(13)16(11)12/h5-10H,1-4H3. The molecule has 102 valence electrons. The number of benzene rings is 2. The minimum absolute atomic E-state index is 0.0868. The summed E-state index contributed by atoms with van der Waals surface area (Å²) in [6.07, 6.45) is 3.57. The van der Waals surface area contributed by atoms with E-state index in [1.807, 2.05) is 46.4 Å². The van der Waals surface area contributed by atoms with E-state index in [-0.39, 0.29) is 5.78 Å². The van der Waals surface area contributed by atoms with E-state index in [0.717, 1.165) is 33.3 Å². The van der Waals surface area contributed by atoms with Crippen molar-refractivity contribution in [3.8, 4) is 0 Å². The van der Waals surface area contributed by atoms with Gasteiger partial charge in [-0.15, -0.1) is 0 Å². The Hall–Kier alpha value is -2.29. The fourth-order valence-electron chi connectivity index (χ4n) is 2.83. The Morgan fingerprint density at radius 2 is 1.35 bits per heavy atom. The van der Waals surface area contributed by atoms with Gasteiger partial charge in [-0.3, -0.25) is 4.79 Å². The average Bonchev–Trinajstić information content (AvgIpc) is 2.41. The fourth-order valence-corrected chi connectivity index (χ4v) is 2.83. The molecule has 0 saturated carbocycles. The summed E-state index contributed by atoms with van der Waals surface area (Å²) in [5.74, 6) is 0.0868. The van der Waals surface area contributed by atoms with Crippen molar-refractivity contribution in [3.05, 3.63) is 41.5 Å². The molecular formula is C17H18N2O. The van der Waals surface area contributed by atoms with Crippen molar-refractivity contribution < 1.29 is 4.79 Å². The van der Waals surface area contributed by atoms with Crippen LogP contribution in [-0.4, -0.2) is 34.0 Å². The van der Waals surface area contributed by atoms with Crippen LogP contribution in [-0.2, 0) is 0 Å². The number of nitrogens with zero attached hydrogens (tertiary/aromatic N) is 2. The zero-order valence-electron chi connectivity index (χ0n) is 12.3. The van der Waals surface area contributed by atoms with Crippen LogP contribution in [0.3, 0.4) is 0 Å². The molecule has 20 heavy (non-hydrogen) atoms. The Balaban J connectivity index is 2.52. The van der Waals surface area contributed by atoms with Gasteiger partial charge in [0, 0.05) is 55.9 Å². The highest BCUT2D eigenvalue weighted by Gasteiger charge is 2.20. The second kappa shape index (κ2) is 4.37. The van der Waals surface area contributed by atoms with Crippen LogP contribution >= 0.6 is 0 Å². The number of carbonyl (C=O) groups excluding carboxylic acids is 1. The molecule has 3 nitrogen and oxygen atoms in total. The summed E-state index contributed by atoms with van der Waals surface area (Å²) in [7, 11) is 8.13. The molecule has 0 radical (unpaired) electrons. The van der Waals surface area contributed by atoms with Gasteiger partial charge in [0.1, 0.15) is 0 Å². The van der Waals surface area contributed by atoms with Crippen LogP contribution in [0.15, 0.2) is 30.3 Å². The smallest absolute Gasteiger partial charge is 0.186 e. The SMILES string of the molecule is CN(C)c1ccc2c3c(ccc(N(C)C)c13)C(=O)C=C2. The van der Waals surface area contributed by atoms with Crippen LogP contribution in [0.4, 0.5) is 11.4 Å². The lowest BCUT2D eigenvalue weighted by atomic mass is 9.90. The molecule has 0 heterocycles. The number of anilines is 2. The van der Waals surface area contributed by atoms with Crippen molar-refractivity contribution >= 4 is 34.0 Å². The minimum atomic E-state index is 0.0868. The molecule has 0 fully saturated rings. The van der Waals surface area contributed by atoms with E-state index in [0.29, 0.717) is 0 Å². The monoisotopic (exact) mass is 266 g/mol. The zero-order chi connectivity index (χ0) is 14.4. The third-order valence-corrected chi connectivity index (χ3v) is 3.79. The van der Waals surface area contributed by atoms with Crippen LogP contribution in [0, 0.1) is 0 Å². The number of hydrogen-bond acceptors (Lipinski definition) is 3. The van der Waals surface area contributed by atoms with Gasteiger partial charge in [0.2, 0.25) is 0 Å². The quantitative estimate of drug-likeness (QED) is 0.834. The third-order valence-electron chi connectivity index (χ3n) is 3.79. The molecule has 0 atom stereocenters. The molecule has 0 aliphatic heterocycles.